The van der Waals surface area contributed by atoms with E-state index < -0.39 is 6.09 Å². The maximum atomic E-state index is 11.7. The molecule has 1 heterocycles. The summed E-state index contributed by atoms with van der Waals surface area (Å²) in [4.78, 5) is 27.2. The lowest BCUT2D eigenvalue weighted by Gasteiger charge is -2.08. The third-order valence-electron chi connectivity index (χ3n) is 2.84. The van der Waals surface area contributed by atoms with Gasteiger partial charge in [0.15, 0.2) is 0 Å². The summed E-state index contributed by atoms with van der Waals surface area (Å²) in [5.41, 5.74) is 1.38. The standard InChI is InChI=1S/C16H17N3O4/c1-22-15-8-7-13(9-17-15)19-14(20)10-18-16(21)23-11-12-5-3-2-4-6-12/h2-9H,10-11H2,1H3,(H,18,21)(H,19,20). The van der Waals surface area contributed by atoms with Crippen molar-refractivity contribution in [1.82, 2.24) is 10.3 Å². The number of ether oxygens (including phenoxy) is 2. The Bertz CT molecular complexity index is 644. The number of rotatable bonds is 6. The molecule has 0 fully saturated rings. The molecular weight excluding hydrogens is 298 g/mol. The van der Waals surface area contributed by atoms with Crippen LogP contribution in [0.4, 0.5) is 10.5 Å². The van der Waals surface area contributed by atoms with E-state index in [2.05, 4.69) is 15.6 Å². The number of methoxy groups -OCH3 is 1. The van der Waals surface area contributed by atoms with Gasteiger partial charge in [-0.3, -0.25) is 4.79 Å². The second-order valence-corrected chi connectivity index (χ2v) is 4.55. The molecule has 0 aliphatic carbocycles. The molecule has 1 aromatic heterocycles. The number of carbonyl (C=O) groups is 2. The Balaban J connectivity index is 1.69. The number of carbonyl (C=O) groups excluding carboxylic acids is 2. The zero-order chi connectivity index (χ0) is 16.5. The molecule has 23 heavy (non-hydrogen) atoms. The fourth-order valence-corrected chi connectivity index (χ4v) is 1.71. The zero-order valence-corrected chi connectivity index (χ0v) is 12.6. The average Bonchev–Trinajstić information content (AvgIpc) is 2.60. The first-order valence-corrected chi connectivity index (χ1v) is 6.92. The number of pyridine rings is 1. The molecule has 2 aromatic rings. The van der Waals surface area contributed by atoms with Gasteiger partial charge in [0.25, 0.3) is 0 Å². The molecule has 0 spiro atoms. The molecule has 1 aromatic carbocycles. The molecule has 7 nitrogen and oxygen atoms in total. The van der Waals surface area contributed by atoms with Crippen LogP contribution in [-0.4, -0.2) is 30.6 Å². The van der Waals surface area contributed by atoms with Crippen LogP contribution in [-0.2, 0) is 16.1 Å². The van der Waals surface area contributed by atoms with Crippen LogP contribution in [0.5, 0.6) is 5.88 Å². The average molecular weight is 315 g/mol. The number of hydrogen-bond donors (Lipinski definition) is 2. The molecule has 0 saturated carbocycles. The normalized spacial score (nSPS) is 9.78. The molecule has 0 aliphatic rings. The van der Waals surface area contributed by atoms with Crippen molar-refractivity contribution in [2.45, 2.75) is 6.61 Å². The van der Waals surface area contributed by atoms with Gasteiger partial charge in [-0.25, -0.2) is 9.78 Å². The maximum absolute atomic E-state index is 11.7. The largest absolute Gasteiger partial charge is 0.481 e. The highest BCUT2D eigenvalue weighted by molar-refractivity contribution is 5.93. The van der Waals surface area contributed by atoms with Gasteiger partial charge >= 0.3 is 6.09 Å². The Morgan fingerprint density at radius 3 is 2.57 bits per heavy atom. The number of benzene rings is 1. The zero-order valence-electron chi connectivity index (χ0n) is 12.6. The van der Waals surface area contributed by atoms with Gasteiger partial charge in [-0.15, -0.1) is 0 Å². The van der Waals surface area contributed by atoms with E-state index in [4.69, 9.17) is 9.47 Å². The SMILES string of the molecule is COc1ccc(NC(=O)CNC(=O)OCc2ccccc2)cn1. The summed E-state index contributed by atoms with van der Waals surface area (Å²) in [5.74, 6) is 0.0687. The fourth-order valence-electron chi connectivity index (χ4n) is 1.71. The molecule has 0 bridgehead atoms. The lowest BCUT2D eigenvalue weighted by Crippen LogP contribution is -2.33. The number of amides is 2. The molecule has 120 valence electrons. The number of hydrogen-bond acceptors (Lipinski definition) is 5. The van der Waals surface area contributed by atoms with Crippen LogP contribution >= 0.6 is 0 Å². The van der Waals surface area contributed by atoms with Gasteiger partial charge in [0, 0.05) is 6.07 Å². The minimum Gasteiger partial charge on any atom is -0.481 e. The predicted octanol–water partition coefficient (Wildman–Crippen LogP) is 1.96. The van der Waals surface area contributed by atoms with Crippen molar-refractivity contribution in [3.05, 3.63) is 54.2 Å². The second-order valence-electron chi connectivity index (χ2n) is 4.55. The van der Waals surface area contributed by atoms with E-state index in [-0.39, 0.29) is 19.1 Å². The molecular formula is C16H17N3O4. The summed E-state index contributed by atoms with van der Waals surface area (Å²) in [6, 6.07) is 12.5. The van der Waals surface area contributed by atoms with Gasteiger partial charge < -0.3 is 20.1 Å². The van der Waals surface area contributed by atoms with Crippen molar-refractivity contribution in [2.75, 3.05) is 19.0 Å². The number of anilines is 1. The summed E-state index contributed by atoms with van der Waals surface area (Å²) in [6.45, 7) is -0.0453. The highest BCUT2D eigenvalue weighted by Crippen LogP contribution is 2.10. The van der Waals surface area contributed by atoms with Crippen LogP contribution < -0.4 is 15.4 Å². The summed E-state index contributed by atoms with van der Waals surface area (Å²) in [7, 11) is 1.51. The van der Waals surface area contributed by atoms with Crippen molar-refractivity contribution in [1.29, 1.82) is 0 Å². The Morgan fingerprint density at radius 1 is 1.13 bits per heavy atom. The highest BCUT2D eigenvalue weighted by atomic mass is 16.5. The molecule has 0 unspecified atom stereocenters. The Hall–Kier alpha value is -3.09. The van der Waals surface area contributed by atoms with Gasteiger partial charge in [-0.05, 0) is 11.6 Å². The van der Waals surface area contributed by atoms with Gasteiger partial charge in [-0.1, -0.05) is 30.3 Å². The van der Waals surface area contributed by atoms with Crippen molar-refractivity contribution in [3.63, 3.8) is 0 Å². The van der Waals surface area contributed by atoms with Crippen LogP contribution in [0.1, 0.15) is 5.56 Å². The van der Waals surface area contributed by atoms with Crippen LogP contribution in [0.15, 0.2) is 48.7 Å². The molecule has 0 aliphatic heterocycles. The lowest BCUT2D eigenvalue weighted by atomic mass is 10.2. The summed E-state index contributed by atoms with van der Waals surface area (Å²) >= 11 is 0. The molecule has 0 atom stereocenters. The third kappa shape index (κ3) is 5.66. The Morgan fingerprint density at radius 2 is 1.91 bits per heavy atom. The molecule has 0 radical (unpaired) electrons. The lowest BCUT2D eigenvalue weighted by molar-refractivity contribution is -0.115. The van der Waals surface area contributed by atoms with Crippen molar-refractivity contribution in [2.24, 2.45) is 0 Å². The first-order chi connectivity index (χ1) is 11.2. The second kappa shape index (κ2) is 8.38. The number of nitrogens with one attached hydrogen (secondary N) is 2. The van der Waals surface area contributed by atoms with E-state index in [1.54, 1.807) is 12.1 Å². The topological polar surface area (TPSA) is 89.6 Å². The molecule has 2 amide bonds. The van der Waals surface area contributed by atoms with Crippen LogP contribution in [0.3, 0.4) is 0 Å². The maximum Gasteiger partial charge on any atom is 0.407 e. The van der Waals surface area contributed by atoms with Gasteiger partial charge in [0.05, 0.1) is 19.0 Å². The van der Waals surface area contributed by atoms with E-state index >= 15 is 0 Å². The molecule has 2 rings (SSSR count). The summed E-state index contributed by atoms with van der Waals surface area (Å²) in [6.07, 6.45) is 0.807. The molecule has 7 heteroatoms. The van der Waals surface area contributed by atoms with Crippen molar-refractivity contribution >= 4 is 17.7 Å². The summed E-state index contributed by atoms with van der Waals surface area (Å²) < 4.78 is 9.92. The van der Waals surface area contributed by atoms with Gasteiger partial charge in [0.1, 0.15) is 13.2 Å². The number of alkyl carbamates (subject to hydrolysis) is 1. The van der Waals surface area contributed by atoms with Gasteiger partial charge in [0.2, 0.25) is 11.8 Å². The highest BCUT2D eigenvalue weighted by Gasteiger charge is 2.07. The van der Waals surface area contributed by atoms with Gasteiger partial charge in [-0.2, -0.15) is 0 Å². The predicted molar refractivity (Wildman–Crippen MR) is 84.0 cm³/mol. The number of aromatic nitrogens is 1. The van der Waals surface area contributed by atoms with Crippen LogP contribution in [0.2, 0.25) is 0 Å². The quantitative estimate of drug-likeness (QED) is 0.850. The van der Waals surface area contributed by atoms with Crippen LogP contribution in [0, 0.1) is 0 Å². The summed E-state index contributed by atoms with van der Waals surface area (Å²) in [5, 5.41) is 4.97. The fraction of sp³-hybridized carbons (Fsp3) is 0.188. The smallest absolute Gasteiger partial charge is 0.407 e. The Labute approximate surface area is 133 Å². The Kier molecular flexibility index (Phi) is 5.93. The van der Waals surface area contributed by atoms with Crippen molar-refractivity contribution < 1.29 is 19.1 Å². The molecule has 2 N–H and O–H groups in total. The minimum absolute atomic E-state index is 0.149. The van der Waals surface area contributed by atoms with E-state index in [0.29, 0.717) is 11.6 Å². The van der Waals surface area contributed by atoms with E-state index in [1.807, 2.05) is 30.3 Å². The van der Waals surface area contributed by atoms with E-state index in [9.17, 15) is 9.59 Å². The monoisotopic (exact) mass is 315 g/mol. The molecule has 0 saturated heterocycles. The van der Waals surface area contributed by atoms with E-state index in [0.717, 1.165) is 5.56 Å². The number of nitrogens with zero attached hydrogens (tertiary/aromatic N) is 1. The van der Waals surface area contributed by atoms with E-state index in [1.165, 1.54) is 13.3 Å². The minimum atomic E-state index is -0.656. The first-order valence-electron chi connectivity index (χ1n) is 6.92. The third-order valence-corrected chi connectivity index (χ3v) is 2.84. The van der Waals surface area contributed by atoms with Crippen molar-refractivity contribution in [3.8, 4) is 5.88 Å². The first kappa shape index (κ1) is 16.3. The van der Waals surface area contributed by atoms with Crippen LogP contribution in [0.25, 0.3) is 0 Å².